The van der Waals surface area contributed by atoms with Crippen molar-refractivity contribution in [1.82, 2.24) is 15.0 Å². The number of benzene rings is 1. The summed E-state index contributed by atoms with van der Waals surface area (Å²) in [4.78, 5) is 16.5. The third-order valence-electron chi connectivity index (χ3n) is 6.38. The van der Waals surface area contributed by atoms with Crippen molar-refractivity contribution in [2.45, 2.75) is 37.8 Å². The summed E-state index contributed by atoms with van der Waals surface area (Å²) in [6, 6.07) is 11.5. The number of nitrogens with one attached hydrogen (secondary N) is 1. The van der Waals surface area contributed by atoms with Crippen LogP contribution in [0.25, 0.3) is 0 Å². The minimum absolute atomic E-state index is 0.0117. The van der Waals surface area contributed by atoms with E-state index in [1.165, 1.54) is 0 Å². The molecule has 5 rings (SSSR count). The van der Waals surface area contributed by atoms with Crippen molar-refractivity contribution < 1.29 is 23.7 Å². The number of aromatic nitrogens is 3. The molecular weight excluding hydrogens is 518 g/mol. The average molecular weight is 554 g/mol. The predicted octanol–water partition coefficient (Wildman–Crippen LogP) is 4.85. The molecule has 2 aromatic heterocycles. The van der Waals surface area contributed by atoms with Gasteiger partial charge in [0, 0.05) is 25.9 Å². The Kier molecular flexibility index (Phi) is 9.12. The van der Waals surface area contributed by atoms with Crippen LogP contribution >= 0.6 is 10.7 Å². The summed E-state index contributed by atoms with van der Waals surface area (Å²) >= 11 is 0. The summed E-state index contributed by atoms with van der Waals surface area (Å²) in [5.74, 6) is 2.89. The number of morpholine rings is 1. The summed E-state index contributed by atoms with van der Waals surface area (Å²) in [5.41, 5.74) is 1.10. The van der Waals surface area contributed by atoms with Gasteiger partial charge < -0.3 is 33.3 Å². The zero-order chi connectivity index (χ0) is 27.0. The van der Waals surface area contributed by atoms with Gasteiger partial charge in [0.1, 0.15) is 11.6 Å². The van der Waals surface area contributed by atoms with Gasteiger partial charge >= 0.3 is 0 Å². The van der Waals surface area contributed by atoms with Gasteiger partial charge in [-0.1, -0.05) is 18.2 Å². The number of rotatable bonds is 10. The lowest BCUT2D eigenvalue weighted by Crippen LogP contribution is -2.37. The van der Waals surface area contributed by atoms with E-state index in [2.05, 4.69) is 26.0 Å². The molecule has 0 aliphatic carbocycles. The molecule has 208 valence electrons. The lowest BCUT2D eigenvalue weighted by molar-refractivity contribution is 0.0654. The van der Waals surface area contributed by atoms with Crippen molar-refractivity contribution in [2.24, 2.45) is 0 Å². The Morgan fingerprint density at radius 3 is 2.62 bits per heavy atom. The molecule has 2 saturated heterocycles. The first-order valence-electron chi connectivity index (χ1n) is 13.2. The van der Waals surface area contributed by atoms with Gasteiger partial charge in [0.2, 0.25) is 11.7 Å². The highest BCUT2D eigenvalue weighted by molar-refractivity contribution is 8.16. The first-order valence-corrected chi connectivity index (χ1v) is 14.4. The number of hydrogen-bond acceptors (Lipinski definition) is 10. The molecule has 10 nitrogen and oxygen atoms in total. The van der Waals surface area contributed by atoms with Gasteiger partial charge in [-0.25, -0.2) is 4.98 Å². The second-order valence-electron chi connectivity index (χ2n) is 9.15. The van der Waals surface area contributed by atoms with E-state index in [4.69, 9.17) is 33.7 Å². The quantitative estimate of drug-likeness (QED) is 0.351. The highest BCUT2D eigenvalue weighted by Crippen LogP contribution is 2.43. The van der Waals surface area contributed by atoms with E-state index in [-0.39, 0.29) is 6.10 Å². The number of nitrogens with zero attached hydrogens (tertiary/aromatic N) is 4. The zero-order valence-corrected chi connectivity index (χ0v) is 23.4. The van der Waals surface area contributed by atoms with Crippen LogP contribution < -0.4 is 23.8 Å². The Bertz CT molecular complexity index is 1280. The summed E-state index contributed by atoms with van der Waals surface area (Å²) in [6.07, 6.45) is 3.84. The van der Waals surface area contributed by atoms with E-state index in [1.54, 1.807) is 7.11 Å². The normalized spacial score (nSPS) is 18.1. The highest BCUT2D eigenvalue weighted by Gasteiger charge is 2.26. The molecule has 4 heterocycles. The fraction of sp³-hybridized carbons (Fsp3) is 0.429. The second kappa shape index (κ2) is 13.1. The Labute approximate surface area is 231 Å². The molecule has 0 saturated carbocycles. The Morgan fingerprint density at radius 1 is 1.10 bits per heavy atom. The van der Waals surface area contributed by atoms with Crippen LogP contribution in [-0.4, -0.2) is 73.1 Å². The Balaban J connectivity index is 1.58. The molecule has 1 N–H and O–H groups in total. The van der Waals surface area contributed by atoms with Crippen LogP contribution in [0.15, 0.2) is 47.6 Å². The SMILES string of the molecule is C/C=S(/Nc1nc(N2CCOCC2)nc(OCC2CCCO2)c1Oc1ccccc1OC)c1ccc(C)cn1. The van der Waals surface area contributed by atoms with E-state index in [9.17, 15) is 0 Å². The smallest absolute Gasteiger partial charge is 0.265 e. The van der Waals surface area contributed by atoms with E-state index in [1.807, 2.05) is 50.4 Å². The number of hydrogen-bond donors (Lipinski definition) is 1. The van der Waals surface area contributed by atoms with Crippen molar-refractivity contribution in [2.75, 3.05) is 56.2 Å². The molecule has 2 aliphatic heterocycles. The molecule has 0 bridgehead atoms. The highest BCUT2D eigenvalue weighted by atomic mass is 32.2. The number of anilines is 2. The van der Waals surface area contributed by atoms with E-state index in [0.717, 1.165) is 30.0 Å². The fourth-order valence-electron chi connectivity index (χ4n) is 4.26. The van der Waals surface area contributed by atoms with Gasteiger partial charge in [-0.2, -0.15) is 9.97 Å². The maximum absolute atomic E-state index is 6.47. The predicted molar refractivity (Wildman–Crippen MR) is 153 cm³/mol. The minimum atomic E-state index is -0.568. The maximum atomic E-state index is 6.47. The molecule has 2 aliphatic rings. The topological polar surface area (TPSA) is 100 Å². The summed E-state index contributed by atoms with van der Waals surface area (Å²) in [6.45, 7) is 7.71. The van der Waals surface area contributed by atoms with Crippen LogP contribution in [0, 0.1) is 6.92 Å². The van der Waals surface area contributed by atoms with Gasteiger partial charge in [0.15, 0.2) is 17.3 Å². The third kappa shape index (κ3) is 6.78. The van der Waals surface area contributed by atoms with Gasteiger partial charge in [-0.05, 0) is 66.5 Å². The van der Waals surface area contributed by atoms with Crippen molar-refractivity contribution in [1.29, 1.82) is 0 Å². The Morgan fingerprint density at radius 2 is 1.92 bits per heavy atom. The lowest BCUT2D eigenvalue weighted by Gasteiger charge is -2.28. The monoisotopic (exact) mass is 553 g/mol. The van der Waals surface area contributed by atoms with Crippen molar-refractivity contribution in [3.05, 3.63) is 48.2 Å². The van der Waals surface area contributed by atoms with Crippen molar-refractivity contribution in [3.8, 4) is 23.1 Å². The first kappa shape index (κ1) is 27.2. The second-order valence-corrected chi connectivity index (χ2v) is 10.9. The Hall–Kier alpha value is -3.41. The molecule has 1 aromatic carbocycles. The molecule has 2 atom stereocenters. The minimum Gasteiger partial charge on any atom is -0.493 e. The van der Waals surface area contributed by atoms with Gasteiger partial charge in [-0.3, -0.25) is 0 Å². The van der Waals surface area contributed by atoms with Crippen LogP contribution in [0.2, 0.25) is 0 Å². The molecule has 0 spiro atoms. The van der Waals surface area contributed by atoms with Crippen LogP contribution in [0.3, 0.4) is 0 Å². The average Bonchev–Trinajstić information content (AvgIpc) is 3.51. The zero-order valence-electron chi connectivity index (χ0n) is 22.6. The number of pyridine rings is 1. The summed E-state index contributed by atoms with van der Waals surface area (Å²) in [5, 5.41) is 2.95. The summed E-state index contributed by atoms with van der Waals surface area (Å²) < 4.78 is 33.3. The molecule has 0 radical (unpaired) electrons. The fourth-order valence-corrected chi connectivity index (χ4v) is 5.46. The lowest BCUT2D eigenvalue weighted by atomic mass is 10.2. The van der Waals surface area contributed by atoms with Crippen molar-refractivity contribution >= 4 is 27.8 Å². The molecule has 0 amide bonds. The van der Waals surface area contributed by atoms with Crippen LogP contribution in [-0.2, 0) is 9.47 Å². The number of methoxy groups -OCH3 is 1. The number of para-hydroxylation sites is 2. The van der Waals surface area contributed by atoms with Gasteiger partial charge in [0.25, 0.3) is 5.88 Å². The maximum Gasteiger partial charge on any atom is 0.265 e. The van der Waals surface area contributed by atoms with E-state index in [0.29, 0.717) is 67.8 Å². The molecule has 2 unspecified atom stereocenters. The van der Waals surface area contributed by atoms with E-state index < -0.39 is 10.7 Å². The van der Waals surface area contributed by atoms with E-state index >= 15 is 0 Å². The van der Waals surface area contributed by atoms with Gasteiger partial charge in [-0.15, -0.1) is 0 Å². The third-order valence-corrected chi connectivity index (χ3v) is 7.96. The van der Waals surface area contributed by atoms with Crippen LogP contribution in [0.4, 0.5) is 11.8 Å². The molecule has 3 aromatic rings. The first-order chi connectivity index (χ1) is 19.1. The standard InChI is InChI=1S/C28H35N5O5S/c1-4-39(24-12-11-20(2)18-29-24)32-26-25(38-23-10-6-5-9-22(23)34-3)27(37-19-21-8-7-15-36-21)31-28(30-26)33-13-16-35-17-14-33/h4-6,9-12,18,21H,7-8,13-17,19H2,1-3H3,(H,30,31,32). The number of aryl methyl sites for hydroxylation is 1. The molecule has 39 heavy (non-hydrogen) atoms. The van der Waals surface area contributed by atoms with Crippen LogP contribution in [0.5, 0.6) is 23.1 Å². The molecule has 11 heteroatoms. The molecule has 2 fully saturated rings. The van der Waals surface area contributed by atoms with Crippen molar-refractivity contribution in [3.63, 3.8) is 0 Å². The largest absolute Gasteiger partial charge is 0.493 e. The summed E-state index contributed by atoms with van der Waals surface area (Å²) in [7, 11) is 1.04. The van der Waals surface area contributed by atoms with Crippen LogP contribution in [0.1, 0.15) is 25.3 Å². The number of ether oxygens (including phenoxy) is 5. The van der Waals surface area contributed by atoms with Gasteiger partial charge in [0.05, 0.1) is 26.4 Å². The molecular formula is C28H35N5O5S.